The van der Waals surface area contributed by atoms with E-state index in [2.05, 4.69) is 6.92 Å². The largest absolute Gasteiger partial charge is 0.494 e. The Kier molecular flexibility index (Phi) is 7.97. The van der Waals surface area contributed by atoms with Crippen molar-refractivity contribution in [3.63, 3.8) is 0 Å². The summed E-state index contributed by atoms with van der Waals surface area (Å²) < 4.78 is 49.7. The molecule has 0 radical (unpaired) electrons. The normalized spacial score (nSPS) is 18.1. The van der Waals surface area contributed by atoms with Crippen molar-refractivity contribution in [3.8, 4) is 16.9 Å². The monoisotopic (exact) mass is 466 g/mol. The second-order valence-corrected chi connectivity index (χ2v) is 9.32. The molecule has 3 aromatic rings. The Morgan fingerprint density at radius 3 is 2.21 bits per heavy atom. The molecule has 180 valence electrons. The Morgan fingerprint density at radius 1 is 0.824 bits per heavy atom. The molecular formula is C30H33F3O. The molecule has 4 rings (SSSR count). The third-order valence-corrected chi connectivity index (χ3v) is 7.23. The highest BCUT2D eigenvalue weighted by Gasteiger charge is 2.26. The highest BCUT2D eigenvalue weighted by Crippen LogP contribution is 2.40. The lowest BCUT2D eigenvalue weighted by molar-refractivity contribution is 0.304. The van der Waals surface area contributed by atoms with Gasteiger partial charge in [-0.3, -0.25) is 0 Å². The Morgan fingerprint density at radius 2 is 1.56 bits per heavy atom. The summed E-state index contributed by atoms with van der Waals surface area (Å²) in [7, 11) is 0. The van der Waals surface area contributed by atoms with Gasteiger partial charge in [0.25, 0.3) is 0 Å². The van der Waals surface area contributed by atoms with Gasteiger partial charge >= 0.3 is 0 Å². The number of halogens is 3. The van der Waals surface area contributed by atoms with Crippen LogP contribution in [-0.2, 0) is 12.8 Å². The summed E-state index contributed by atoms with van der Waals surface area (Å²) in [6.45, 7) is 4.46. The van der Waals surface area contributed by atoms with Gasteiger partial charge in [0.05, 0.1) is 6.61 Å². The van der Waals surface area contributed by atoms with Gasteiger partial charge in [0.15, 0.2) is 11.6 Å². The van der Waals surface area contributed by atoms with Crippen molar-refractivity contribution in [1.29, 1.82) is 0 Å². The van der Waals surface area contributed by atoms with Crippen molar-refractivity contribution >= 4 is 0 Å². The predicted octanol–water partition coefficient (Wildman–Crippen LogP) is 8.64. The Balaban J connectivity index is 1.36. The maximum Gasteiger partial charge on any atom is 0.166 e. The van der Waals surface area contributed by atoms with E-state index < -0.39 is 11.6 Å². The Labute approximate surface area is 201 Å². The fraction of sp³-hybridized carbons (Fsp3) is 0.400. The Bertz CT molecular complexity index is 1100. The SMILES string of the molecule is CCOc1ccc(CCC2CCC(c3ccc(-c4ccc(CC)cc4)c(F)c3F)CC2)c(F)c1. The average molecular weight is 467 g/mol. The molecule has 0 atom stereocenters. The van der Waals surface area contributed by atoms with E-state index in [1.165, 1.54) is 11.6 Å². The molecule has 1 nitrogen and oxygen atoms in total. The molecule has 0 N–H and O–H groups in total. The third kappa shape index (κ3) is 5.48. The molecule has 0 bridgehead atoms. The fourth-order valence-electron chi connectivity index (χ4n) is 5.13. The lowest BCUT2D eigenvalue weighted by atomic mass is 9.76. The van der Waals surface area contributed by atoms with Crippen molar-refractivity contribution in [3.05, 3.63) is 88.7 Å². The average Bonchev–Trinajstić information content (AvgIpc) is 2.86. The molecule has 0 aliphatic heterocycles. The van der Waals surface area contributed by atoms with Gasteiger partial charge in [0.2, 0.25) is 0 Å². The molecular weight excluding hydrogens is 433 g/mol. The molecule has 0 unspecified atom stereocenters. The van der Waals surface area contributed by atoms with Gasteiger partial charge in [-0.05, 0) is 92.0 Å². The first-order chi connectivity index (χ1) is 16.5. The van der Waals surface area contributed by atoms with Crippen molar-refractivity contribution in [2.75, 3.05) is 6.61 Å². The summed E-state index contributed by atoms with van der Waals surface area (Å²) in [5, 5.41) is 0. The zero-order valence-electron chi connectivity index (χ0n) is 20.0. The third-order valence-electron chi connectivity index (χ3n) is 7.23. The molecule has 1 aliphatic carbocycles. The molecule has 4 heteroatoms. The van der Waals surface area contributed by atoms with Gasteiger partial charge in [0, 0.05) is 11.6 Å². The predicted molar refractivity (Wildman–Crippen MR) is 132 cm³/mol. The maximum atomic E-state index is 15.0. The molecule has 0 heterocycles. The molecule has 0 amide bonds. The standard InChI is InChI=1S/C30H33F3O/c1-3-20-5-10-22(11-6-20)26-17-18-27(30(33)29(26)32)23-12-7-21(8-13-23)9-14-24-15-16-25(34-4-2)19-28(24)31/h5-6,10-11,15-19,21,23H,3-4,7-9,12-14H2,1-2H3. The van der Waals surface area contributed by atoms with Gasteiger partial charge in [-0.1, -0.05) is 49.4 Å². The number of ether oxygens (including phenoxy) is 1. The maximum absolute atomic E-state index is 15.0. The molecule has 3 aromatic carbocycles. The van der Waals surface area contributed by atoms with Crippen LogP contribution in [0.1, 0.15) is 68.6 Å². The van der Waals surface area contributed by atoms with Crippen LogP contribution in [-0.4, -0.2) is 6.61 Å². The zero-order valence-corrected chi connectivity index (χ0v) is 20.0. The van der Waals surface area contributed by atoms with Gasteiger partial charge in [0.1, 0.15) is 11.6 Å². The van der Waals surface area contributed by atoms with Crippen molar-refractivity contribution in [2.24, 2.45) is 5.92 Å². The van der Waals surface area contributed by atoms with Crippen molar-refractivity contribution < 1.29 is 17.9 Å². The van der Waals surface area contributed by atoms with Gasteiger partial charge in [-0.25, -0.2) is 13.2 Å². The van der Waals surface area contributed by atoms with E-state index in [1.54, 1.807) is 12.1 Å². The highest BCUT2D eigenvalue weighted by molar-refractivity contribution is 5.65. The smallest absolute Gasteiger partial charge is 0.166 e. The van der Waals surface area contributed by atoms with E-state index in [1.807, 2.05) is 43.3 Å². The second kappa shape index (κ2) is 11.1. The van der Waals surface area contributed by atoms with E-state index in [9.17, 15) is 8.78 Å². The minimum Gasteiger partial charge on any atom is -0.494 e. The quantitative estimate of drug-likeness (QED) is 0.323. The van der Waals surface area contributed by atoms with Crippen LogP contribution in [0.5, 0.6) is 5.75 Å². The molecule has 1 fully saturated rings. The first-order valence-electron chi connectivity index (χ1n) is 12.5. The van der Waals surface area contributed by atoms with Crippen LogP contribution in [0.4, 0.5) is 13.2 Å². The van der Waals surface area contributed by atoms with Crippen LogP contribution in [0.25, 0.3) is 11.1 Å². The van der Waals surface area contributed by atoms with Crippen molar-refractivity contribution in [1.82, 2.24) is 0 Å². The molecule has 34 heavy (non-hydrogen) atoms. The number of aryl methyl sites for hydroxylation is 2. The van der Waals surface area contributed by atoms with Gasteiger partial charge < -0.3 is 4.74 Å². The minimum absolute atomic E-state index is 0.0319. The second-order valence-electron chi connectivity index (χ2n) is 9.32. The summed E-state index contributed by atoms with van der Waals surface area (Å²) in [4.78, 5) is 0. The molecule has 1 aliphatic rings. The van der Waals surface area contributed by atoms with Crippen LogP contribution in [0.2, 0.25) is 0 Å². The lowest BCUT2D eigenvalue weighted by Gasteiger charge is -2.29. The van der Waals surface area contributed by atoms with Crippen LogP contribution < -0.4 is 4.74 Å². The molecule has 0 aromatic heterocycles. The first-order valence-corrected chi connectivity index (χ1v) is 12.5. The van der Waals surface area contributed by atoms with Crippen LogP contribution >= 0.6 is 0 Å². The van der Waals surface area contributed by atoms with Gasteiger partial charge in [-0.2, -0.15) is 0 Å². The van der Waals surface area contributed by atoms with E-state index in [-0.39, 0.29) is 11.7 Å². The highest BCUT2D eigenvalue weighted by atomic mass is 19.2. The van der Waals surface area contributed by atoms with Crippen LogP contribution in [0.15, 0.2) is 54.6 Å². The first kappa shape index (κ1) is 24.4. The summed E-state index contributed by atoms with van der Waals surface area (Å²) in [5.41, 5.74) is 3.38. The van der Waals surface area contributed by atoms with E-state index in [4.69, 9.17) is 4.74 Å². The minimum atomic E-state index is -0.755. The van der Waals surface area contributed by atoms with Crippen LogP contribution in [0, 0.1) is 23.4 Å². The molecule has 0 spiro atoms. The topological polar surface area (TPSA) is 9.23 Å². The summed E-state index contributed by atoms with van der Waals surface area (Å²) in [6, 6.07) is 16.2. The number of hydrogen-bond acceptors (Lipinski definition) is 1. The summed E-state index contributed by atoms with van der Waals surface area (Å²) in [6.07, 6.45) is 6.06. The van der Waals surface area contributed by atoms with E-state index in [0.717, 1.165) is 38.5 Å². The molecule has 1 saturated carbocycles. The Hall–Kier alpha value is -2.75. The molecule has 0 saturated heterocycles. The fourth-order valence-corrected chi connectivity index (χ4v) is 5.13. The van der Waals surface area contributed by atoms with Gasteiger partial charge in [-0.15, -0.1) is 0 Å². The summed E-state index contributed by atoms with van der Waals surface area (Å²) >= 11 is 0. The number of benzene rings is 3. The zero-order chi connectivity index (χ0) is 24.1. The van der Waals surface area contributed by atoms with E-state index >= 15 is 4.39 Å². The number of hydrogen-bond donors (Lipinski definition) is 0. The lowest BCUT2D eigenvalue weighted by Crippen LogP contribution is -2.15. The van der Waals surface area contributed by atoms with E-state index in [0.29, 0.717) is 46.9 Å². The van der Waals surface area contributed by atoms with Crippen molar-refractivity contribution in [2.45, 2.75) is 64.7 Å². The van der Waals surface area contributed by atoms with Crippen LogP contribution in [0.3, 0.4) is 0 Å². The number of rotatable bonds is 8. The summed E-state index contributed by atoms with van der Waals surface area (Å²) in [5.74, 6) is -0.619.